The first kappa shape index (κ1) is 13.6. The first-order valence-electron chi connectivity index (χ1n) is 7.81. The Balaban J connectivity index is 1.62. The van der Waals surface area contributed by atoms with Crippen molar-refractivity contribution in [3.05, 3.63) is 17.7 Å². The zero-order chi connectivity index (χ0) is 13.9. The van der Waals surface area contributed by atoms with Gasteiger partial charge >= 0.3 is 0 Å². The molecule has 2 atom stereocenters. The molecule has 0 aromatic carbocycles. The van der Waals surface area contributed by atoms with Crippen molar-refractivity contribution >= 4 is 5.91 Å². The number of amides is 1. The lowest BCUT2D eigenvalue weighted by atomic mass is 9.98. The second-order valence-corrected chi connectivity index (χ2v) is 6.00. The summed E-state index contributed by atoms with van der Waals surface area (Å²) >= 11 is 0. The number of aromatic amines is 1. The van der Waals surface area contributed by atoms with Crippen molar-refractivity contribution in [2.24, 2.45) is 5.92 Å². The molecule has 2 aliphatic rings. The second kappa shape index (κ2) is 5.95. The van der Waals surface area contributed by atoms with E-state index in [0.717, 1.165) is 49.8 Å². The fourth-order valence-electron chi connectivity index (χ4n) is 3.36. The maximum Gasteiger partial charge on any atom is 0.240 e. The molecule has 3 heterocycles. The molecule has 5 nitrogen and oxygen atoms in total. The third kappa shape index (κ3) is 2.73. The average molecular weight is 276 g/mol. The van der Waals surface area contributed by atoms with Gasteiger partial charge in [-0.05, 0) is 25.2 Å². The quantitative estimate of drug-likeness (QED) is 0.860. The number of hydrogen-bond donors (Lipinski definition) is 2. The topological polar surface area (TPSA) is 61.0 Å². The summed E-state index contributed by atoms with van der Waals surface area (Å²) in [5.74, 6) is 1.06. The molecule has 0 aliphatic carbocycles. The molecule has 0 radical (unpaired) electrons. The first-order valence-corrected chi connectivity index (χ1v) is 7.81. The number of nitrogens with zero attached hydrogens (tertiary/aromatic N) is 2. The number of nitrogens with one attached hydrogen (secondary N) is 2. The predicted octanol–water partition coefficient (Wildman–Crippen LogP) is 1.46. The van der Waals surface area contributed by atoms with Crippen LogP contribution in [-0.4, -0.2) is 39.9 Å². The van der Waals surface area contributed by atoms with Crippen molar-refractivity contribution in [3.8, 4) is 0 Å². The molecule has 0 bridgehead atoms. The summed E-state index contributed by atoms with van der Waals surface area (Å²) in [5, 5.41) is 3.34. The Labute approximate surface area is 120 Å². The Morgan fingerprint density at radius 2 is 2.35 bits per heavy atom. The molecule has 2 aliphatic heterocycles. The molecule has 0 saturated carbocycles. The number of fused-ring (bicyclic) bond motifs is 1. The van der Waals surface area contributed by atoms with Gasteiger partial charge in [-0.2, -0.15) is 0 Å². The Hall–Kier alpha value is -1.36. The van der Waals surface area contributed by atoms with Gasteiger partial charge in [-0.1, -0.05) is 13.3 Å². The number of carbonyl (C=O) groups is 1. The smallest absolute Gasteiger partial charge is 0.240 e. The number of H-pyrrole nitrogens is 1. The first-order chi connectivity index (χ1) is 9.78. The van der Waals surface area contributed by atoms with E-state index in [1.165, 1.54) is 12.8 Å². The highest BCUT2D eigenvalue weighted by molar-refractivity contribution is 5.82. The highest BCUT2D eigenvalue weighted by atomic mass is 16.2. The van der Waals surface area contributed by atoms with Gasteiger partial charge in [0, 0.05) is 26.1 Å². The number of hydrogen-bond acceptors (Lipinski definition) is 3. The van der Waals surface area contributed by atoms with Crippen molar-refractivity contribution < 1.29 is 4.79 Å². The Morgan fingerprint density at radius 1 is 1.45 bits per heavy atom. The number of aromatic nitrogens is 2. The molecule has 2 N–H and O–H groups in total. The molecule has 1 aromatic rings. The molecule has 5 heteroatoms. The van der Waals surface area contributed by atoms with Crippen LogP contribution < -0.4 is 5.32 Å². The van der Waals surface area contributed by atoms with Gasteiger partial charge in [0.1, 0.15) is 0 Å². The van der Waals surface area contributed by atoms with Crippen LogP contribution in [0.1, 0.15) is 44.0 Å². The number of carbonyl (C=O) groups excluding carboxylic acids is 1. The number of rotatable bonds is 2. The molecule has 110 valence electrons. The van der Waals surface area contributed by atoms with E-state index in [4.69, 9.17) is 0 Å². The Kier molecular flexibility index (Phi) is 4.05. The molecule has 1 saturated heterocycles. The molecule has 2 unspecified atom stereocenters. The minimum atomic E-state index is -0.0935. The Bertz CT molecular complexity index is 470. The van der Waals surface area contributed by atoms with Crippen molar-refractivity contribution in [2.45, 2.75) is 51.6 Å². The lowest BCUT2D eigenvalue weighted by molar-refractivity contribution is -0.133. The van der Waals surface area contributed by atoms with Gasteiger partial charge in [0.2, 0.25) is 5.91 Å². The van der Waals surface area contributed by atoms with Crippen LogP contribution in [-0.2, 0) is 17.8 Å². The van der Waals surface area contributed by atoms with Crippen molar-refractivity contribution in [1.29, 1.82) is 0 Å². The molecule has 20 heavy (non-hydrogen) atoms. The van der Waals surface area contributed by atoms with Crippen LogP contribution in [0.4, 0.5) is 0 Å². The van der Waals surface area contributed by atoms with E-state index >= 15 is 0 Å². The van der Waals surface area contributed by atoms with Crippen molar-refractivity contribution in [2.75, 3.05) is 13.1 Å². The van der Waals surface area contributed by atoms with Crippen molar-refractivity contribution in [3.63, 3.8) is 0 Å². The lowest BCUT2D eigenvalue weighted by Gasteiger charge is -2.29. The lowest BCUT2D eigenvalue weighted by Crippen LogP contribution is -2.49. The van der Waals surface area contributed by atoms with Gasteiger partial charge in [0.15, 0.2) is 0 Å². The third-order valence-electron chi connectivity index (χ3n) is 4.77. The summed E-state index contributed by atoms with van der Waals surface area (Å²) in [5.41, 5.74) is 2.17. The van der Waals surface area contributed by atoms with E-state index in [0.29, 0.717) is 6.42 Å². The van der Waals surface area contributed by atoms with E-state index in [-0.39, 0.29) is 11.9 Å². The summed E-state index contributed by atoms with van der Waals surface area (Å²) < 4.78 is 0. The molecule has 1 amide bonds. The number of imidazole rings is 1. The molecular formula is C15H24N4O. The van der Waals surface area contributed by atoms with Crippen LogP contribution in [0.25, 0.3) is 0 Å². The minimum Gasteiger partial charge on any atom is -0.347 e. The van der Waals surface area contributed by atoms with Gasteiger partial charge in [-0.3, -0.25) is 10.1 Å². The van der Waals surface area contributed by atoms with E-state index in [9.17, 15) is 4.79 Å². The molecule has 0 spiro atoms. The van der Waals surface area contributed by atoms with Crippen molar-refractivity contribution in [1.82, 2.24) is 20.2 Å². The van der Waals surface area contributed by atoms with E-state index in [1.807, 2.05) is 0 Å². The second-order valence-electron chi connectivity index (χ2n) is 6.00. The highest BCUT2D eigenvalue weighted by Gasteiger charge is 2.30. The van der Waals surface area contributed by atoms with Gasteiger partial charge in [-0.25, -0.2) is 4.98 Å². The number of likely N-dealkylation sites (tertiary alicyclic amines) is 1. The Morgan fingerprint density at radius 3 is 3.20 bits per heavy atom. The summed E-state index contributed by atoms with van der Waals surface area (Å²) in [6.07, 6.45) is 7.23. The summed E-state index contributed by atoms with van der Waals surface area (Å²) in [7, 11) is 0. The predicted molar refractivity (Wildman–Crippen MR) is 77.1 cm³/mol. The van der Waals surface area contributed by atoms with E-state index < -0.39 is 0 Å². The summed E-state index contributed by atoms with van der Waals surface area (Å²) in [6, 6.07) is -0.0935. The maximum atomic E-state index is 12.7. The molecule has 3 rings (SSSR count). The summed E-state index contributed by atoms with van der Waals surface area (Å²) in [4.78, 5) is 22.2. The average Bonchev–Trinajstić information content (AvgIpc) is 2.81. The minimum absolute atomic E-state index is 0.0935. The van der Waals surface area contributed by atoms with Gasteiger partial charge < -0.3 is 9.88 Å². The zero-order valence-electron chi connectivity index (χ0n) is 12.2. The SMILES string of the molecule is CCC1CCCN(C(=O)C2Cc3nc[nH]c3CN2)CC1. The fraction of sp³-hybridized carbons (Fsp3) is 0.733. The van der Waals surface area contributed by atoms with E-state index in [2.05, 4.69) is 27.1 Å². The standard InChI is InChI=1S/C15H24N4O/c1-2-11-4-3-6-19(7-5-11)15(20)13-8-12-14(9-16-13)18-10-17-12/h10-11,13,16H,2-9H2,1H3,(H,17,18). The normalized spacial score (nSPS) is 26.9. The van der Waals surface area contributed by atoms with Crippen LogP contribution in [0.3, 0.4) is 0 Å². The monoisotopic (exact) mass is 276 g/mol. The fourth-order valence-corrected chi connectivity index (χ4v) is 3.36. The summed E-state index contributed by atoms with van der Waals surface area (Å²) in [6.45, 7) is 4.81. The largest absolute Gasteiger partial charge is 0.347 e. The van der Waals surface area contributed by atoms with E-state index in [1.54, 1.807) is 6.33 Å². The van der Waals surface area contributed by atoms with Crippen LogP contribution in [0.15, 0.2) is 6.33 Å². The third-order valence-corrected chi connectivity index (χ3v) is 4.77. The molecular weight excluding hydrogens is 252 g/mol. The zero-order valence-corrected chi connectivity index (χ0v) is 12.2. The van der Waals surface area contributed by atoms with Gasteiger partial charge in [0.05, 0.1) is 23.8 Å². The van der Waals surface area contributed by atoms with Crippen LogP contribution >= 0.6 is 0 Å². The van der Waals surface area contributed by atoms with Crippen LogP contribution in [0, 0.1) is 5.92 Å². The highest BCUT2D eigenvalue weighted by Crippen LogP contribution is 2.21. The maximum absolute atomic E-state index is 12.7. The van der Waals surface area contributed by atoms with Crippen LogP contribution in [0.2, 0.25) is 0 Å². The molecule has 1 aromatic heterocycles. The van der Waals surface area contributed by atoms with Gasteiger partial charge in [-0.15, -0.1) is 0 Å². The molecule has 1 fully saturated rings. The van der Waals surface area contributed by atoms with Gasteiger partial charge in [0.25, 0.3) is 0 Å². The van der Waals surface area contributed by atoms with Crippen LogP contribution in [0.5, 0.6) is 0 Å².